The van der Waals surface area contributed by atoms with Crippen LogP contribution in [0.1, 0.15) is 43.0 Å². The molecule has 0 radical (unpaired) electrons. The smallest absolute Gasteiger partial charge is 0.308 e. The number of piperidine rings is 1. The molecule has 1 fully saturated rings. The Hall–Kier alpha value is -2.08. The zero-order valence-corrected chi connectivity index (χ0v) is 15.1. The van der Waals surface area contributed by atoms with E-state index in [9.17, 15) is 14.4 Å². The summed E-state index contributed by atoms with van der Waals surface area (Å²) in [7, 11) is 0. The van der Waals surface area contributed by atoms with Crippen LogP contribution in [0.3, 0.4) is 0 Å². The number of ether oxygens (including phenoxy) is 1. The summed E-state index contributed by atoms with van der Waals surface area (Å²) < 4.78 is 5.01. The minimum Gasteiger partial charge on any atom is -0.456 e. The van der Waals surface area contributed by atoms with Crippen molar-refractivity contribution in [3.8, 4) is 0 Å². The third kappa shape index (κ3) is 6.05. The van der Waals surface area contributed by atoms with Crippen molar-refractivity contribution in [3.63, 3.8) is 0 Å². The largest absolute Gasteiger partial charge is 0.456 e. The van der Waals surface area contributed by atoms with Gasteiger partial charge in [-0.05, 0) is 50.5 Å². The molecule has 7 heteroatoms. The second kappa shape index (κ2) is 9.42. The first-order valence-electron chi connectivity index (χ1n) is 8.46. The highest BCUT2D eigenvalue weighted by molar-refractivity contribution is 6.30. The summed E-state index contributed by atoms with van der Waals surface area (Å²) in [6, 6.07) is 6.65. The topological polar surface area (TPSA) is 75.7 Å². The summed E-state index contributed by atoms with van der Waals surface area (Å²) in [6.45, 7) is 2.63. The van der Waals surface area contributed by atoms with Crippen molar-refractivity contribution < 1.29 is 19.1 Å². The second-order valence-corrected chi connectivity index (χ2v) is 6.54. The molecule has 0 bridgehead atoms. The van der Waals surface area contributed by atoms with Crippen LogP contribution >= 0.6 is 11.6 Å². The van der Waals surface area contributed by atoms with Crippen molar-refractivity contribution in [2.45, 2.75) is 38.6 Å². The van der Waals surface area contributed by atoms with Crippen LogP contribution < -0.4 is 5.32 Å². The number of likely N-dealkylation sites (tertiary alicyclic amines) is 1. The van der Waals surface area contributed by atoms with Gasteiger partial charge in [0.25, 0.3) is 11.8 Å². The quantitative estimate of drug-likeness (QED) is 0.784. The minimum absolute atomic E-state index is 0.0160. The maximum atomic E-state index is 12.1. The van der Waals surface area contributed by atoms with Gasteiger partial charge in [-0.1, -0.05) is 11.6 Å². The fourth-order valence-electron chi connectivity index (χ4n) is 2.75. The molecule has 2 rings (SSSR count). The molecule has 1 aliphatic rings. The van der Waals surface area contributed by atoms with Gasteiger partial charge in [0.2, 0.25) is 0 Å². The predicted molar refractivity (Wildman–Crippen MR) is 94.4 cm³/mol. The summed E-state index contributed by atoms with van der Waals surface area (Å²) in [5.74, 6) is -0.956. The van der Waals surface area contributed by atoms with Gasteiger partial charge in [0.15, 0.2) is 6.61 Å². The zero-order valence-electron chi connectivity index (χ0n) is 14.3. The normalized spacial score (nSPS) is 17.0. The third-order valence-electron chi connectivity index (χ3n) is 4.20. The van der Waals surface area contributed by atoms with Gasteiger partial charge >= 0.3 is 5.97 Å². The third-order valence-corrected chi connectivity index (χ3v) is 4.45. The SMILES string of the molecule is C[C@@H]1CCCCN1C(=O)COC(=O)CCNC(=O)c1ccc(Cl)cc1. The van der Waals surface area contributed by atoms with E-state index in [2.05, 4.69) is 5.32 Å². The van der Waals surface area contributed by atoms with Crippen molar-refractivity contribution in [2.75, 3.05) is 19.7 Å². The molecule has 0 spiro atoms. The number of amides is 2. The van der Waals surface area contributed by atoms with Crippen molar-refractivity contribution >= 4 is 29.4 Å². The van der Waals surface area contributed by atoms with Crippen molar-refractivity contribution in [2.24, 2.45) is 0 Å². The van der Waals surface area contributed by atoms with Crippen LogP contribution in [0.2, 0.25) is 5.02 Å². The Morgan fingerprint density at radius 1 is 1.24 bits per heavy atom. The monoisotopic (exact) mass is 366 g/mol. The maximum absolute atomic E-state index is 12.1. The molecule has 1 saturated heterocycles. The summed E-state index contributed by atoms with van der Waals surface area (Å²) in [5, 5.41) is 3.18. The van der Waals surface area contributed by atoms with E-state index in [-0.39, 0.29) is 37.4 Å². The molecule has 0 unspecified atom stereocenters. The Kier molecular flexibility index (Phi) is 7.25. The number of carbonyl (C=O) groups is 3. The molecule has 1 N–H and O–H groups in total. The highest BCUT2D eigenvalue weighted by Gasteiger charge is 2.23. The lowest BCUT2D eigenvalue weighted by atomic mass is 10.0. The first-order chi connectivity index (χ1) is 12.0. The molecule has 1 aliphatic heterocycles. The predicted octanol–water partition coefficient (Wildman–Crippen LogP) is 2.40. The van der Waals surface area contributed by atoms with Gasteiger partial charge in [-0.2, -0.15) is 0 Å². The first kappa shape index (κ1) is 19.2. The molecule has 1 aromatic carbocycles. The van der Waals surface area contributed by atoms with Crippen molar-refractivity contribution in [3.05, 3.63) is 34.9 Å². The van der Waals surface area contributed by atoms with E-state index in [4.69, 9.17) is 16.3 Å². The molecule has 136 valence electrons. The summed E-state index contributed by atoms with van der Waals surface area (Å²) >= 11 is 5.76. The van der Waals surface area contributed by atoms with E-state index in [0.717, 1.165) is 19.3 Å². The molecule has 2 amide bonds. The van der Waals surface area contributed by atoms with E-state index in [0.29, 0.717) is 17.1 Å². The van der Waals surface area contributed by atoms with Crippen LogP contribution in [0.4, 0.5) is 0 Å². The summed E-state index contributed by atoms with van der Waals surface area (Å²) in [6.07, 6.45) is 3.11. The Labute approximate surface area is 152 Å². The Bertz CT molecular complexity index is 618. The van der Waals surface area contributed by atoms with Crippen molar-refractivity contribution in [1.82, 2.24) is 10.2 Å². The average molecular weight is 367 g/mol. The Morgan fingerprint density at radius 3 is 2.64 bits per heavy atom. The molecular formula is C18H23ClN2O4. The molecule has 0 saturated carbocycles. The molecule has 1 aromatic rings. The Balaban J connectivity index is 1.66. The van der Waals surface area contributed by atoms with Crippen LogP contribution in [0.25, 0.3) is 0 Å². The molecule has 0 aliphatic carbocycles. The number of hydrogen-bond acceptors (Lipinski definition) is 4. The van der Waals surface area contributed by atoms with Gasteiger partial charge in [0.1, 0.15) is 0 Å². The maximum Gasteiger partial charge on any atom is 0.308 e. The van der Waals surface area contributed by atoms with Gasteiger partial charge in [-0.3, -0.25) is 14.4 Å². The molecule has 6 nitrogen and oxygen atoms in total. The van der Waals surface area contributed by atoms with E-state index in [1.165, 1.54) is 0 Å². The minimum atomic E-state index is -0.505. The number of halogens is 1. The van der Waals surface area contributed by atoms with Crippen LogP contribution in [-0.2, 0) is 14.3 Å². The van der Waals surface area contributed by atoms with E-state index < -0.39 is 5.97 Å². The highest BCUT2D eigenvalue weighted by atomic mass is 35.5. The summed E-state index contributed by atoms with van der Waals surface area (Å²) in [5.41, 5.74) is 0.465. The number of carbonyl (C=O) groups excluding carboxylic acids is 3. The fraction of sp³-hybridized carbons (Fsp3) is 0.500. The fourth-order valence-corrected chi connectivity index (χ4v) is 2.87. The molecular weight excluding hydrogens is 344 g/mol. The zero-order chi connectivity index (χ0) is 18.2. The number of nitrogens with zero attached hydrogens (tertiary/aromatic N) is 1. The first-order valence-corrected chi connectivity index (χ1v) is 8.84. The number of hydrogen-bond donors (Lipinski definition) is 1. The standard InChI is InChI=1S/C18H23ClN2O4/c1-13-4-2-3-11-21(13)16(22)12-25-17(23)9-10-20-18(24)14-5-7-15(19)8-6-14/h5-8,13H,2-4,9-12H2,1H3,(H,20,24)/t13-/m1/s1. The molecule has 0 aromatic heterocycles. The van der Waals surface area contributed by atoms with Gasteiger partial charge in [0.05, 0.1) is 6.42 Å². The highest BCUT2D eigenvalue weighted by Crippen LogP contribution is 2.16. The number of esters is 1. The van der Waals surface area contributed by atoms with Gasteiger partial charge in [0, 0.05) is 29.7 Å². The average Bonchev–Trinajstić information content (AvgIpc) is 2.60. The lowest BCUT2D eigenvalue weighted by Crippen LogP contribution is -2.44. The van der Waals surface area contributed by atoms with E-state index >= 15 is 0 Å². The van der Waals surface area contributed by atoms with Gasteiger partial charge < -0.3 is 15.0 Å². The van der Waals surface area contributed by atoms with E-state index in [1.54, 1.807) is 29.2 Å². The molecule has 1 heterocycles. The number of rotatable bonds is 6. The summed E-state index contributed by atoms with van der Waals surface area (Å²) in [4.78, 5) is 37.4. The number of nitrogens with one attached hydrogen (secondary N) is 1. The van der Waals surface area contributed by atoms with Gasteiger partial charge in [-0.25, -0.2) is 0 Å². The van der Waals surface area contributed by atoms with Crippen LogP contribution in [0.5, 0.6) is 0 Å². The van der Waals surface area contributed by atoms with Crippen LogP contribution in [0.15, 0.2) is 24.3 Å². The molecule has 1 atom stereocenters. The Morgan fingerprint density at radius 2 is 1.96 bits per heavy atom. The van der Waals surface area contributed by atoms with Crippen molar-refractivity contribution in [1.29, 1.82) is 0 Å². The lowest BCUT2D eigenvalue weighted by molar-refractivity contribution is -0.153. The van der Waals surface area contributed by atoms with Crippen LogP contribution in [-0.4, -0.2) is 48.4 Å². The van der Waals surface area contributed by atoms with E-state index in [1.807, 2.05) is 6.92 Å². The molecule has 25 heavy (non-hydrogen) atoms. The second-order valence-electron chi connectivity index (χ2n) is 6.11. The van der Waals surface area contributed by atoms with Gasteiger partial charge in [-0.15, -0.1) is 0 Å². The van der Waals surface area contributed by atoms with Crippen LogP contribution in [0, 0.1) is 0 Å². The number of benzene rings is 1. The lowest BCUT2D eigenvalue weighted by Gasteiger charge is -2.33.